The van der Waals surface area contributed by atoms with Gasteiger partial charge in [-0.2, -0.15) is 0 Å². The van der Waals surface area contributed by atoms with E-state index in [-0.39, 0.29) is 18.2 Å². The van der Waals surface area contributed by atoms with Crippen molar-refractivity contribution >= 4 is 27.8 Å². The summed E-state index contributed by atoms with van der Waals surface area (Å²) in [5.41, 5.74) is -0.122. The van der Waals surface area contributed by atoms with E-state index in [1.54, 1.807) is 26.8 Å². The fourth-order valence-corrected chi connectivity index (χ4v) is 1.85. The molecule has 0 saturated heterocycles. The van der Waals surface area contributed by atoms with Gasteiger partial charge >= 0.3 is 5.97 Å². The molecule has 0 aliphatic heterocycles. The number of aliphatic carboxylic acids is 1. The van der Waals surface area contributed by atoms with Gasteiger partial charge in [-0.25, -0.2) is 0 Å². The Morgan fingerprint density at radius 1 is 1.50 bits per heavy atom. The van der Waals surface area contributed by atoms with Gasteiger partial charge in [0.2, 0.25) is 0 Å². The van der Waals surface area contributed by atoms with Gasteiger partial charge in [-0.3, -0.25) is 9.59 Å². The maximum absolute atomic E-state index is 11.8. The summed E-state index contributed by atoms with van der Waals surface area (Å²) in [5, 5.41) is 11.6. The lowest BCUT2D eigenvalue weighted by atomic mass is 9.90. The number of hydrogen-bond acceptors (Lipinski definition) is 3. The van der Waals surface area contributed by atoms with Gasteiger partial charge in [0.25, 0.3) is 5.91 Å². The molecule has 0 fully saturated rings. The number of carboxylic acids is 1. The Morgan fingerprint density at radius 2 is 2.11 bits per heavy atom. The molecule has 1 amide bonds. The van der Waals surface area contributed by atoms with Crippen LogP contribution in [0.5, 0.6) is 0 Å². The van der Waals surface area contributed by atoms with Gasteiger partial charge in [0, 0.05) is 12.1 Å². The van der Waals surface area contributed by atoms with E-state index in [1.165, 1.54) is 0 Å². The Kier molecular flexibility index (Phi) is 4.56. The lowest BCUT2D eigenvalue weighted by Gasteiger charge is -2.18. The fourth-order valence-electron chi connectivity index (χ4n) is 1.34. The lowest BCUT2D eigenvalue weighted by Crippen LogP contribution is -2.32. The Hall–Kier alpha value is -1.30. The van der Waals surface area contributed by atoms with E-state index < -0.39 is 11.4 Å². The topological polar surface area (TPSA) is 79.5 Å². The molecule has 1 rings (SSSR count). The Bertz CT molecular complexity index is 465. The summed E-state index contributed by atoms with van der Waals surface area (Å²) < 4.78 is 5.69. The SMILES string of the molecule is Cc1cc(Br)oc1C(=O)NCCC(C)(C)C(=O)O. The van der Waals surface area contributed by atoms with Crippen molar-refractivity contribution in [3.63, 3.8) is 0 Å². The number of aryl methyl sites for hydroxylation is 1. The zero-order valence-electron chi connectivity index (χ0n) is 10.5. The van der Waals surface area contributed by atoms with E-state index in [9.17, 15) is 9.59 Å². The van der Waals surface area contributed by atoms with Gasteiger partial charge in [-0.15, -0.1) is 0 Å². The molecule has 6 heteroatoms. The number of carboxylic acid groups (broad SMARTS) is 1. The first-order chi connectivity index (χ1) is 8.24. The standard InChI is InChI=1S/C12H16BrNO4/c1-7-6-8(13)18-9(7)10(15)14-5-4-12(2,3)11(16)17/h6H,4-5H2,1-3H3,(H,14,15)(H,16,17). The number of rotatable bonds is 5. The number of carbonyl (C=O) groups is 2. The minimum Gasteiger partial charge on any atom is -0.481 e. The van der Waals surface area contributed by atoms with Gasteiger partial charge in [0.1, 0.15) is 0 Å². The normalized spacial score (nSPS) is 11.3. The van der Waals surface area contributed by atoms with E-state index in [4.69, 9.17) is 9.52 Å². The molecule has 0 spiro atoms. The largest absolute Gasteiger partial charge is 0.481 e. The minimum absolute atomic E-state index is 0.245. The van der Waals surface area contributed by atoms with E-state index in [1.807, 2.05) is 0 Å². The molecule has 2 N–H and O–H groups in total. The summed E-state index contributed by atoms with van der Waals surface area (Å²) in [7, 11) is 0. The Morgan fingerprint density at radius 3 is 2.56 bits per heavy atom. The molecule has 1 heterocycles. The molecule has 0 aliphatic carbocycles. The van der Waals surface area contributed by atoms with Crippen LogP contribution in [-0.2, 0) is 4.79 Å². The summed E-state index contributed by atoms with van der Waals surface area (Å²) in [4.78, 5) is 22.6. The highest BCUT2D eigenvalue weighted by atomic mass is 79.9. The van der Waals surface area contributed by atoms with Gasteiger partial charge < -0.3 is 14.8 Å². The second-order valence-corrected chi connectivity index (χ2v) is 5.54. The lowest BCUT2D eigenvalue weighted by molar-refractivity contribution is -0.147. The smallest absolute Gasteiger partial charge is 0.309 e. The first-order valence-corrected chi connectivity index (χ1v) is 6.31. The molecule has 0 bridgehead atoms. The highest BCUT2D eigenvalue weighted by molar-refractivity contribution is 9.10. The van der Waals surface area contributed by atoms with Crippen LogP contribution in [-0.4, -0.2) is 23.5 Å². The summed E-state index contributed by atoms with van der Waals surface area (Å²) >= 11 is 3.15. The summed E-state index contributed by atoms with van der Waals surface area (Å²) in [6.45, 7) is 5.30. The number of carbonyl (C=O) groups excluding carboxylic acids is 1. The Balaban J connectivity index is 2.53. The third-order valence-electron chi connectivity index (χ3n) is 2.71. The van der Waals surface area contributed by atoms with Crippen LogP contribution in [0.3, 0.4) is 0 Å². The summed E-state index contributed by atoms with van der Waals surface area (Å²) in [6, 6.07) is 1.70. The second kappa shape index (κ2) is 5.56. The first kappa shape index (κ1) is 14.8. The van der Waals surface area contributed by atoms with E-state index in [2.05, 4.69) is 21.2 Å². The summed E-state index contributed by atoms with van der Waals surface area (Å²) in [6.07, 6.45) is 0.356. The molecule has 0 atom stereocenters. The van der Waals surface area contributed by atoms with Crippen molar-refractivity contribution in [3.8, 4) is 0 Å². The molecule has 0 saturated carbocycles. The first-order valence-electron chi connectivity index (χ1n) is 5.51. The van der Waals surface area contributed by atoms with Crippen molar-refractivity contribution in [1.82, 2.24) is 5.32 Å². The van der Waals surface area contributed by atoms with Gasteiger partial charge in [0.15, 0.2) is 10.4 Å². The van der Waals surface area contributed by atoms with Crippen LogP contribution < -0.4 is 5.32 Å². The zero-order chi connectivity index (χ0) is 13.9. The zero-order valence-corrected chi connectivity index (χ0v) is 12.1. The van der Waals surface area contributed by atoms with Crippen LogP contribution in [0.1, 0.15) is 36.4 Å². The van der Waals surface area contributed by atoms with Crippen LogP contribution in [0.2, 0.25) is 0 Å². The highest BCUT2D eigenvalue weighted by Gasteiger charge is 2.27. The molecule has 100 valence electrons. The predicted octanol–water partition coefficient (Wildman–Crippen LogP) is 2.58. The number of nitrogens with one attached hydrogen (secondary N) is 1. The third kappa shape index (κ3) is 3.60. The number of furan rings is 1. The van der Waals surface area contributed by atoms with Crippen molar-refractivity contribution in [1.29, 1.82) is 0 Å². The molecule has 18 heavy (non-hydrogen) atoms. The third-order valence-corrected chi connectivity index (χ3v) is 3.10. The van der Waals surface area contributed by atoms with Crippen LogP contribution in [0, 0.1) is 12.3 Å². The molecule has 5 nitrogen and oxygen atoms in total. The number of amides is 1. The van der Waals surface area contributed by atoms with Crippen molar-refractivity contribution in [2.45, 2.75) is 27.2 Å². The van der Waals surface area contributed by atoms with Crippen LogP contribution in [0.15, 0.2) is 15.2 Å². The molecular weight excluding hydrogens is 302 g/mol. The monoisotopic (exact) mass is 317 g/mol. The average molecular weight is 318 g/mol. The maximum atomic E-state index is 11.8. The van der Waals surface area contributed by atoms with E-state index in [0.717, 1.165) is 5.56 Å². The van der Waals surface area contributed by atoms with E-state index in [0.29, 0.717) is 11.1 Å². The maximum Gasteiger partial charge on any atom is 0.309 e. The minimum atomic E-state index is -0.881. The van der Waals surface area contributed by atoms with Crippen LogP contribution >= 0.6 is 15.9 Å². The number of halogens is 1. The van der Waals surface area contributed by atoms with Gasteiger partial charge in [-0.1, -0.05) is 0 Å². The van der Waals surface area contributed by atoms with Gasteiger partial charge in [-0.05, 0) is 49.2 Å². The molecule has 0 aromatic carbocycles. The predicted molar refractivity (Wildman–Crippen MR) is 69.5 cm³/mol. The van der Waals surface area contributed by atoms with E-state index >= 15 is 0 Å². The average Bonchev–Trinajstić information content (AvgIpc) is 2.57. The van der Waals surface area contributed by atoms with Crippen molar-refractivity contribution in [2.24, 2.45) is 5.41 Å². The molecule has 0 radical (unpaired) electrons. The highest BCUT2D eigenvalue weighted by Crippen LogP contribution is 2.21. The molecular formula is C12H16BrNO4. The summed E-state index contributed by atoms with van der Waals surface area (Å²) in [5.74, 6) is -0.969. The van der Waals surface area contributed by atoms with Gasteiger partial charge in [0.05, 0.1) is 5.41 Å². The fraction of sp³-hybridized carbons (Fsp3) is 0.500. The second-order valence-electron chi connectivity index (χ2n) is 4.76. The molecule has 1 aromatic heterocycles. The molecule has 0 aliphatic rings. The van der Waals surface area contributed by atoms with Crippen LogP contribution in [0.4, 0.5) is 0 Å². The van der Waals surface area contributed by atoms with Crippen LogP contribution in [0.25, 0.3) is 0 Å². The van der Waals surface area contributed by atoms with Crippen molar-refractivity contribution in [3.05, 3.63) is 22.1 Å². The number of hydrogen-bond donors (Lipinski definition) is 2. The molecule has 0 unspecified atom stereocenters. The quantitative estimate of drug-likeness (QED) is 0.874. The van der Waals surface area contributed by atoms with Crippen molar-refractivity contribution < 1.29 is 19.1 Å². The molecule has 1 aromatic rings. The Labute approximate surface area is 114 Å². The van der Waals surface area contributed by atoms with Crippen molar-refractivity contribution in [2.75, 3.05) is 6.54 Å².